The van der Waals surface area contributed by atoms with Crippen molar-refractivity contribution in [2.24, 2.45) is 22.4 Å². The van der Waals surface area contributed by atoms with E-state index in [9.17, 15) is 9.90 Å². The fraction of sp³-hybridized carbons (Fsp3) is 0.571. The van der Waals surface area contributed by atoms with Crippen molar-refractivity contribution in [3.63, 3.8) is 0 Å². The molecule has 4 aliphatic rings. The summed E-state index contributed by atoms with van der Waals surface area (Å²) in [5.74, 6) is 1.40. The first-order valence-electron chi connectivity index (χ1n) is 12.2. The van der Waals surface area contributed by atoms with Crippen molar-refractivity contribution in [1.29, 1.82) is 0 Å². The van der Waals surface area contributed by atoms with Gasteiger partial charge in [0.25, 0.3) is 0 Å². The molecule has 0 aromatic heterocycles. The molecule has 0 amide bonds. The molecule has 1 aromatic rings. The molecular weight excluding hydrogens is 414 g/mol. The van der Waals surface area contributed by atoms with Crippen LogP contribution >= 0.6 is 0 Å². The van der Waals surface area contributed by atoms with Crippen LogP contribution in [0.1, 0.15) is 68.9 Å². The smallest absolute Gasteiger partial charge is 0.156 e. The van der Waals surface area contributed by atoms with Gasteiger partial charge in [0.05, 0.1) is 18.4 Å². The van der Waals surface area contributed by atoms with E-state index in [1.54, 1.807) is 26.0 Å². The monoisotopic (exact) mass is 449 g/mol. The predicted octanol–water partition coefficient (Wildman–Crippen LogP) is 4.94. The second-order valence-corrected chi connectivity index (χ2v) is 10.6. The highest BCUT2D eigenvalue weighted by molar-refractivity contribution is 5.93. The van der Waals surface area contributed by atoms with E-state index in [-0.39, 0.29) is 17.1 Å². The summed E-state index contributed by atoms with van der Waals surface area (Å²) < 4.78 is 5.54. The summed E-state index contributed by atoms with van der Waals surface area (Å²) in [7, 11) is 3.24. The van der Waals surface area contributed by atoms with Crippen molar-refractivity contribution in [3.8, 4) is 0 Å². The maximum Gasteiger partial charge on any atom is 0.156 e. The Morgan fingerprint density at radius 1 is 1.15 bits per heavy atom. The number of oxime groups is 1. The van der Waals surface area contributed by atoms with E-state index in [1.165, 1.54) is 16.7 Å². The summed E-state index contributed by atoms with van der Waals surface area (Å²) in [4.78, 5) is 17.0. The lowest BCUT2D eigenvalue weighted by Crippen LogP contribution is -2.53. The fourth-order valence-electron chi connectivity index (χ4n) is 7.46. The van der Waals surface area contributed by atoms with Crippen LogP contribution in [0.25, 0.3) is 0 Å². The van der Waals surface area contributed by atoms with Gasteiger partial charge < -0.3 is 14.7 Å². The molecule has 2 fully saturated rings. The lowest BCUT2D eigenvalue weighted by atomic mass is 9.51. The number of rotatable bonds is 5. The van der Waals surface area contributed by atoms with E-state index < -0.39 is 5.60 Å². The molecule has 4 aliphatic carbocycles. The molecule has 0 unspecified atom stereocenters. The molecule has 0 bridgehead atoms. The maximum absolute atomic E-state index is 12.2. The Morgan fingerprint density at radius 3 is 2.67 bits per heavy atom. The molecule has 5 heteroatoms. The van der Waals surface area contributed by atoms with Crippen LogP contribution in [-0.2, 0) is 14.4 Å². The number of fused-ring (bicyclic) bond motifs is 4. The third-order valence-corrected chi connectivity index (χ3v) is 9.09. The molecule has 1 N–H and O–H groups in total. The van der Waals surface area contributed by atoms with Gasteiger partial charge in [-0.2, -0.15) is 0 Å². The fourth-order valence-corrected chi connectivity index (χ4v) is 7.46. The summed E-state index contributed by atoms with van der Waals surface area (Å²) in [5, 5.41) is 15.7. The van der Waals surface area contributed by atoms with Crippen molar-refractivity contribution in [2.45, 2.75) is 63.4 Å². The zero-order chi connectivity index (χ0) is 23.2. The van der Waals surface area contributed by atoms with Gasteiger partial charge in [-0.3, -0.25) is 4.79 Å². The largest absolute Gasteiger partial charge is 0.399 e. The average molecular weight is 450 g/mol. The van der Waals surface area contributed by atoms with Crippen LogP contribution in [0.15, 0.2) is 52.2 Å². The molecule has 0 heterocycles. The molecule has 0 spiro atoms. The van der Waals surface area contributed by atoms with Crippen LogP contribution in [0, 0.1) is 17.3 Å². The van der Waals surface area contributed by atoms with E-state index in [0.717, 1.165) is 44.1 Å². The number of ether oxygens (including phenoxy) is 1. The molecule has 2 saturated carbocycles. The molecule has 5 nitrogen and oxygen atoms in total. The van der Waals surface area contributed by atoms with Gasteiger partial charge in [0.1, 0.15) is 7.11 Å². The first-order valence-corrected chi connectivity index (χ1v) is 12.2. The minimum absolute atomic E-state index is 0.204. The van der Waals surface area contributed by atoms with Gasteiger partial charge in [0, 0.05) is 24.9 Å². The normalized spacial score (nSPS) is 35.8. The van der Waals surface area contributed by atoms with E-state index in [1.807, 2.05) is 6.08 Å². The number of aliphatic hydroxyl groups is 1. The van der Waals surface area contributed by atoms with E-state index in [4.69, 9.17) is 9.57 Å². The highest BCUT2D eigenvalue weighted by Gasteiger charge is 2.62. The Bertz CT molecular complexity index is 1020. The summed E-state index contributed by atoms with van der Waals surface area (Å²) in [6.07, 6.45) is 9.87. The van der Waals surface area contributed by atoms with E-state index in [0.29, 0.717) is 24.9 Å². The summed E-state index contributed by atoms with van der Waals surface area (Å²) in [6.45, 7) is 2.69. The van der Waals surface area contributed by atoms with E-state index in [2.05, 4.69) is 36.3 Å². The zero-order valence-electron chi connectivity index (χ0n) is 20.0. The third-order valence-electron chi connectivity index (χ3n) is 9.09. The van der Waals surface area contributed by atoms with Crippen LogP contribution in [-0.4, -0.2) is 43.5 Å². The topological polar surface area (TPSA) is 68.1 Å². The van der Waals surface area contributed by atoms with Crippen molar-refractivity contribution >= 4 is 12.0 Å². The Morgan fingerprint density at radius 2 is 1.94 bits per heavy atom. The number of ketones is 1. The van der Waals surface area contributed by atoms with Crippen molar-refractivity contribution in [2.75, 3.05) is 20.8 Å². The Hall–Kier alpha value is -2.24. The number of methoxy groups -OCH3 is 1. The molecule has 5 rings (SSSR count). The quantitative estimate of drug-likeness (QED) is 0.510. The molecule has 5 atom stereocenters. The van der Waals surface area contributed by atoms with Crippen LogP contribution in [0.4, 0.5) is 0 Å². The molecular formula is C28H35NO4. The van der Waals surface area contributed by atoms with Gasteiger partial charge >= 0.3 is 0 Å². The standard InChI is InChI=1S/C28H35NO4/c1-27-15-24(19-6-4-18(5-7-19)16-29-33-3)26-22-11-9-21(30)14-20(22)8-10-23(26)25(27)12-13-28(27,31)17-32-2/h4-7,14,16,23-25,31H,8-13,15,17H2,1-3H3/t23-,24+,25-,27-,28+/m0/s1. The third kappa shape index (κ3) is 3.60. The number of hydrogen-bond donors (Lipinski definition) is 1. The Balaban J connectivity index is 1.62. The molecule has 0 radical (unpaired) electrons. The van der Waals surface area contributed by atoms with Crippen LogP contribution in [0.3, 0.4) is 0 Å². The van der Waals surface area contributed by atoms with Crippen LogP contribution in [0.2, 0.25) is 0 Å². The number of carbonyl (C=O) groups is 1. The number of allylic oxidation sites excluding steroid dienone is 4. The number of benzene rings is 1. The van der Waals surface area contributed by atoms with Gasteiger partial charge in [-0.1, -0.05) is 41.9 Å². The second-order valence-electron chi connectivity index (χ2n) is 10.6. The molecule has 0 aliphatic heterocycles. The zero-order valence-corrected chi connectivity index (χ0v) is 20.0. The first kappa shape index (κ1) is 22.5. The second kappa shape index (κ2) is 8.52. The Kier molecular flexibility index (Phi) is 5.82. The summed E-state index contributed by atoms with van der Waals surface area (Å²) in [5.41, 5.74) is 5.52. The number of hydrogen-bond acceptors (Lipinski definition) is 5. The van der Waals surface area contributed by atoms with Crippen molar-refractivity contribution < 1.29 is 19.5 Å². The van der Waals surface area contributed by atoms with Crippen molar-refractivity contribution in [1.82, 2.24) is 0 Å². The predicted molar refractivity (Wildman–Crippen MR) is 128 cm³/mol. The van der Waals surface area contributed by atoms with Gasteiger partial charge in [-0.15, -0.1) is 0 Å². The molecule has 176 valence electrons. The highest BCUT2D eigenvalue weighted by atomic mass is 16.6. The first-order chi connectivity index (χ1) is 15.9. The molecule has 1 aromatic carbocycles. The lowest BCUT2D eigenvalue weighted by molar-refractivity contribution is -0.128. The minimum Gasteiger partial charge on any atom is -0.399 e. The number of nitrogens with zero attached hydrogens (tertiary/aromatic N) is 1. The summed E-state index contributed by atoms with van der Waals surface area (Å²) >= 11 is 0. The maximum atomic E-state index is 12.2. The van der Waals surface area contributed by atoms with Gasteiger partial charge in [0.2, 0.25) is 0 Å². The average Bonchev–Trinajstić information content (AvgIpc) is 3.07. The number of carbonyl (C=O) groups excluding carboxylic acids is 1. The minimum atomic E-state index is -0.801. The van der Waals surface area contributed by atoms with E-state index >= 15 is 0 Å². The van der Waals surface area contributed by atoms with Gasteiger partial charge in [0.15, 0.2) is 5.78 Å². The highest BCUT2D eigenvalue weighted by Crippen LogP contribution is 2.66. The Labute approximate surface area is 196 Å². The van der Waals surface area contributed by atoms with Crippen LogP contribution in [0.5, 0.6) is 0 Å². The SMILES string of the molecule is COC[C@]1(O)CC[C@H]2[C@@H]3CCC4=CC(=O)CCC4=C3[C@@H](c3ccc(C=NOC)cc3)C[C@@]21C. The van der Waals surface area contributed by atoms with Crippen LogP contribution < -0.4 is 0 Å². The molecule has 0 saturated heterocycles. The lowest BCUT2D eigenvalue weighted by Gasteiger charge is -2.54. The summed E-state index contributed by atoms with van der Waals surface area (Å²) in [6, 6.07) is 8.58. The van der Waals surface area contributed by atoms with Gasteiger partial charge in [-0.05, 0) is 78.7 Å². The van der Waals surface area contributed by atoms with Crippen molar-refractivity contribution in [3.05, 3.63) is 58.2 Å². The molecule has 33 heavy (non-hydrogen) atoms. The van der Waals surface area contributed by atoms with Gasteiger partial charge in [-0.25, -0.2) is 0 Å².